The first-order valence-electron chi connectivity index (χ1n) is 5.52. The molecule has 1 atom stereocenters. The van der Waals surface area contributed by atoms with Crippen molar-refractivity contribution in [3.05, 3.63) is 0 Å². The molecule has 0 aliphatic rings. The number of nitrogens with one attached hydrogen (secondary N) is 1. The van der Waals surface area contributed by atoms with Crippen molar-refractivity contribution in [1.82, 2.24) is 5.32 Å². The number of carbonyl (C=O) groups is 1. The van der Waals surface area contributed by atoms with Crippen molar-refractivity contribution >= 4 is 5.91 Å². The second-order valence-electron chi connectivity index (χ2n) is 6.46. The Balaban J connectivity index is 4.77. The van der Waals surface area contributed by atoms with Crippen LogP contribution in [0.5, 0.6) is 0 Å². The molecule has 0 aliphatic heterocycles. The normalized spacial score (nSPS) is 15.3. The van der Waals surface area contributed by atoms with Gasteiger partial charge in [0.25, 0.3) is 0 Å². The van der Waals surface area contributed by atoms with E-state index in [9.17, 15) is 4.79 Å². The summed E-state index contributed by atoms with van der Waals surface area (Å²) in [5, 5.41) is 3.03. The topological polar surface area (TPSA) is 55.1 Å². The third kappa shape index (κ3) is 4.65. The number of rotatable bonds is 2. The number of hydrogen-bond donors (Lipinski definition) is 2. The van der Waals surface area contributed by atoms with E-state index in [1.54, 1.807) is 6.92 Å². The minimum absolute atomic E-state index is 0.0306. The lowest BCUT2D eigenvalue weighted by Gasteiger charge is -2.41. The Bertz CT molecular complexity index is 207. The van der Waals surface area contributed by atoms with Crippen molar-refractivity contribution in [1.29, 1.82) is 0 Å². The highest BCUT2D eigenvalue weighted by Gasteiger charge is 2.36. The summed E-state index contributed by atoms with van der Waals surface area (Å²) in [7, 11) is 0. The molecule has 0 radical (unpaired) electrons. The van der Waals surface area contributed by atoms with Crippen LogP contribution in [0.25, 0.3) is 0 Å². The van der Waals surface area contributed by atoms with Crippen LogP contribution in [-0.2, 0) is 4.79 Å². The Morgan fingerprint density at radius 1 is 1.07 bits per heavy atom. The van der Waals surface area contributed by atoms with Crippen LogP contribution in [-0.4, -0.2) is 18.0 Å². The van der Waals surface area contributed by atoms with Gasteiger partial charge in [0.15, 0.2) is 0 Å². The fraction of sp³-hybridized carbons (Fsp3) is 0.917. The third-order valence-electron chi connectivity index (χ3n) is 2.43. The molecule has 0 fully saturated rings. The van der Waals surface area contributed by atoms with E-state index in [0.29, 0.717) is 0 Å². The van der Waals surface area contributed by atoms with E-state index in [1.807, 2.05) is 0 Å². The molecule has 3 nitrogen and oxygen atoms in total. The Labute approximate surface area is 93.8 Å². The molecule has 0 heterocycles. The van der Waals surface area contributed by atoms with Crippen LogP contribution in [0.3, 0.4) is 0 Å². The monoisotopic (exact) mass is 214 g/mol. The van der Waals surface area contributed by atoms with Crippen LogP contribution >= 0.6 is 0 Å². The Morgan fingerprint density at radius 2 is 1.40 bits per heavy atom. The molecule has 0 saturated heterocycles. The van der Waals surface area contributed by atoms with Crippen molar-refractivity contribution in [3.8, 4) is 0 Å². The van der Waals surface area contributed by atoms with Gasteiger partial charge in [-0.1, -0.05) is 41.5 Å². The van der Waals surface area contributed by atoms with Gasteiger partial charge in [-0.2, -0.15) is 0 Å². The smallest absolute Gasteiger partial charge is 0.236 e. The second-order valence-corrected chi connectivity index (χ2v) is 6.46. The third-order valence-corrected chi connectivity index (χ3v) is 2.43. The van der Waals surface area contributed by atoms with Gasteiger partial charge < -0.3 is 11.1 Å². The summed E-state index contributed by atoms with van der Waals surface area (Å²) in [6.07, 6.45) is 0. The summed E-state index contributed by atoms with van der Waals surface area (Å²) in [5.74, 6) is -0.0788. The average molecular weight is 214 g/mol. The molecule has 0 saturated carbocycles. The molecular weight excluding hydrogens is 188 g/mol. The van der Waals surface area contributed by atoms with Crippen molar-refractivity contribution in [3.63, 3.8) is 0 Å². The Hall–Kier alpha value is -0.570. The number of amides is 1. The van der Waals surface area contributed by atoms with Crippen LogP contribution in [0.4, 0.5) is 0 Å². The zero-order valence-electron chi connectivity index (χ0n) is 11.1. The molecule has 0 spiro atoms. The van der Waals surface area contributed by atoms with E-state index >= 15 is 0 Å². The van der Waals surface area contributed by atoms with E-state index < -0.39 is 6.04 Å². The predicted octanol–water partition coefficient (Wildman–Crippen LogP) is 1.91. The summed E-state index contributed by atoms with van der Waals surface area (Å²) >= 11 is 0. The van der Waals surface area contributed by atoms with Crippen LogP contribution < -0.4 is 11.1 Å². The number of hydrogen-bond acceptors (Lipinski definition) is 2. The first kappa shape index (κ1) is 14.4. The fourth-order valence-corrected chi connectivity index (χ4v) is 2.01. The molecule has 1 amide bonds. The largest absolute Gasteiger partial charge is 0.351 e. The van der Waals surface area contributed by atoms with E-state index in [2.05, 4.69) is 46.9 Å². The van der Waals surface area contributed by atoms with Gasteiger partial charge in [-0.25, -0.2) is 0 Å². The van der Waals surface area contributed by atoms with Gasteiger partial charge in [-0.15, -0.1) is 0 Å². The Kier molecular flexibility index (Phi) is 4.35. The summed E-state index contributed by atoms with van der Waals surface area (Å²) in [6.45, 7) is 14.5. The molecule has 0 aromatic rings. The highest BCUT2D eigenvalue weighted by molar-refractivity contribution is 5.81. The highest BCUT2D eigenvalue weighted by Crippen LogP contribution is 2.33. The summed E-state index contributed by atoms with van der Waals surface area (Å²) in [5.41, 5.74) is 5.62. The predicted molar refractivity (Wildman–Crippen MR) is 64.5 cm³/mol. The van der Waals surface area contributed by atoms with E-state index in [-0.39, 0.29) is 22.8 Å². The van der Waals surface area contributed by atoms with E-state index in [1.165, 1.54) is 0 Å². The van der Waals surface area contributed by atoms with Gasteiger partial charge in [0.05, 0.1) is 6.04 Å². The van der Waals surface area contributed by atoms with Crippen molar-refractivity contribution in [2.24, 2.45) is 16.6 Å². The highest BCUT2D eigenvalue weighted by atomic mass is 16.2. The van der Waals surface area contributed by atoms with Gasteiger partial charge in [0.1, 0.15) is 0 Å². The van der Waals surface area contributed by atoms with Crippen LogP contribution in [0.15, 0.2) is 0 Å². The second kappa shape index (κ2) is 4.52. The van der Waals surface area contributed by atoms with Gasteiger partial charge in [0, 0.05) is 6.04 Å². The first-order chi connectivity index (χ1) is 6.46. The van der Waals surface area contributed by atoms with Crippen molar-refractivity contribution in [2.45, 2.75) is 60.5 Å². The molecule has 0 rings (SSSR count). The number of nitrogens with two attached hydrogens (primary N) is 1. The molecule has 0 unspecified atom stereocenters. The minimum Gasteiger partial charge on any atom is -0.351 e. The van der Waals surface area contributed by atoms with Crippen molar-refractivity contribution < 1.29 is 4.79 Å². The van der Waals surface area contributed by atoms with Gasteiger partial charge in [0.2, 0.25) is 5.91 Å². The Morgan fingerprint density at radius 3 is 1.60 bits per heavy atom. The van der Waals surface area contributed by atoms with Gasteiger partial charge in [-0.3, -0.25) is 4.79 Å². The fourth-order valence-electron chi connectivity index (χ4n) is 2.01. The summed E-state index contributed by atoms with van der Waals surface area (Å²) in [4.78, 5) is 11.6. The summed E-state index contributed by atoms with van der Waals surface area (Å²) in [6, 6.07) is -0.333. The molecule has 15 heavy (non-hydrogen) atoms. The lowest BCUT2D eigenvalue weighted by molar-refractivity contribution is -0.124. The maximum absolute atomic E-state index is 11.6. The summed E-state index contributed by atoms with van der Waals surface area (Å²) < 4.78 is 0. The molecule has 0 aromatic carbocycles. The molecule has 0 aliphatic carbocycles. The van der Waals surface area contributed by atoms with Crippen LogP contribution in [0.1, 0.15) is 48.5 Å². The van der Waals surface area contributed by atoms with E-state index in [4.69, 9.17) is 5.73 Å². The maximum atomic E-state index is 11.6. The zero-order chi connectivity index (χ0) is 12.4. The molecule has 90 valence electrons. The zero-order valence-corrected chi connectivity index (χ0v) is 11.1. The van der Waals surface area contributed by atoms with Crippen LogP contribution in [0, 0.1) is 10.8 Å². The lowest BCUT2D eigenvalue weighted by Crippen LogP contribution is -2.54. The first-order valence-corrected chi connectivity index (χ1v) is 5.52. The molecule has 3 heteroatoms. The number of carbonyl (C=O) groups excluding carboxylic acids is 1. The maximum Gasteiger partial charge on any atom is 0.236 e. The SMILES string of the molecule is C[C@@H](N)C(=O)NC(C(C)(C)C)C(C)(C)C. The standard InChI is InChI=1S/C12H26N2O/c1-8(13)9(15)14-10(11(2,3)4)12(5,6)7/h8,10H,13H2,1-7H3,(H,14,15)/t8-/m1/s1. The van der Waals surface area contributed by atoms with Crippen LogP contribution in [0.2, 0.25) is 0 Å². The molecule has 0 aromatic heterocycles. The molecule has 0 bridgehead atoms. The van der Waals surface area contributed by atoms with Gasteiger partial charge >= 0.3 is 0 Å². The minimum atomic E-state index is -0.447. The molecular formula is C12H26N2O. The van der Waals surface area contributed by atoms with E-state index in [0.717, 1.165) is 0 Å². The van der Waals surface area contributed by atoms with Gasteiger partial charge in [-0.05, 0) is 17.8 Å². The average Bonchev–Trinajstić information content (AvgIpc) is 1.94. The quantitative estimate of drug-likeness (QED) is 0.737. The lowest BCUT2D eigenvalue weighted by atomic mass is 9.72. The van der Waals surface area contributed by atoms with Crippen molar-refractivity contribution in [2.75, 3.05) is 0 Å². The molecule has 3 N–H and O–H groups in total.